The van der Waals surface area contributed by atoms with Crippen LogP contribution in [-0.2, 0) is 5.41 Å². The van der Waals surface area contributed by atoms with E-state index in [4.69, 9.17) is 0 Å². The highest BCUT2D eigenvalue weighted by Crippen LogP contribution is 2.54. The summed E-state index contributed by atoms with van der Waals surface area (Å²) in [6, 6.07) is 64.5. The van der Waals surface area contributed by atoms with Crippen molar-refractivity contribution in [1.29, 1.82) is 0 Å². The maximum atomic E-state index is 2.44. The van der Waals surface area contributed by atoms with Crippen LogP contribution in [0, 0.1) is 0 Å². The van der Waals surface area contributed by atoms with Gasteiger partial charge in [-0.15, -0.1) is 0 Å². The SMILES string of the molecule is CC1(C)c2cc(C=Cc3ccccc3)c3ccccc3c2-c2ccc3cc(N(c4ccc5ccccc5c4)c4ccc5ccccc5c4)ccc3c21. The summed E-state index contributed by atoms with van der Waals surface area (Å²) in [5.74, 6) is 0. The average molecular weight is 664 g/mol. The van der Waals surface area contributed by atoms with Crippen LogP contribution < -0.4 is 4.90 Å². The number of rotatable bonds is 5. The molecule has 0 amide bonds. The van der Waals surface area contributed by atoms with Crippen molar-refractivity contribution in [3.63, 3.8) is 0 Å². The topological polar surface area (TPSA) is 3.24 Å². The van der Waals surface area contributed by atoms with E-state index in [-0.39, 0.29) is 5.41 Å². The van der Waals surface area contributed by atoms with Gasteiger partial charge < -0.3 is 4.90 Å². The molecule has 0 radical (unpaired) electrons. The molecule has 246 valence electrons. The van der Waals surface area contributed by atoms with Gasteiger partial charge in [-0.05, 0) is 119 Å². The first-order valence-electron chi connectivity index (χ1n) is 18.2. The van der Waals surface area contributed by atoms with E-state index in [0.29, 0.717) is 0 Å². The van der Waals surface area contributed by atoms with Crippen LogP contribution in [0.4, 0.5) is 17.1 Å². The van der Waals surface area contributed by atoms with Crippen LogP contribution in [0.1, 0.15) is 36.1 Å². The van der Waals surface area contributed by atoms with Gasteiger partial charge in [-0.2, -0.15) is 0 Å². The standard InChI is InChI=1S/C51H37N/c1-51(2)48-33-40(21-20-34-12-4-3-5-13-34)44-18-10-11-19-46(44)49(48)47-28-24-39-32-43(27-29-45(39)50(47)51)52(41-25-22-35-14-6-8-16-37(35)30-41)42-26-23-36-15-7-9-17-38(36)31-42/h3-33H,1-2H3. The summed E-state index contributed by atoms with van der Waals surface area (Å²) in [6.07, 6.45) is 4.52. The summed E-state index contributed by atoms with van der Waals surface area (Å²) in [5, 5.41) is 10.1. The number of hydrogen-bond acceptors (Lipinski definition) is 1. The van der Waals surface area contributed by atoms with Gasteiger partial charge in [-0.25, -0.2) is 0 Å². The number of benzene rings is 9. The summed E-state index contributed by atoms with van der Waals surface area (Å²) < 4.78 is 0. The molecule has 0 unspecified atom stereocenters. The third kappa shape index (κ3) is 4.85. The Morgan fingerprint density at radius 2 is 0.962 bits per heavy atom. The minimum absolute atomic E-state index is 0.179. The fourth-order valence-electron chi connectivity index (χ4n) is 8.63. The zero-order valence-corrected chi connectivity index (χ0v) is 29.3. The summed E-state index contributed by atoms with van der Waals surface area (Å²) in [6.45, 7) is 4.81. The van der Waals surface area contributed by atoms with E-state index in [1.807, 2.05) is 0 Å². The molecule has 0 heterocycles. The summed E-state index contributed by atoms with van der Waals surface area (Å²) in [5.41, 5.74) is 11.2. The molecule has 1 aliphatic rings. The Morgan fingerprint density at radius 1 is 0.423 bits per heavy atom. The minimum Gasteiger partial charge on any atom is -0.310 e. The maximum absolute atomic E-state index is 2.44. The number of fused-ring (bicyclic) bond motifs is 9. The lowest BCUT2D eigenvalue weighted by molar-refractivity contribution is 0.666. The van der Waals surface area contributed by atoms with Crippen molar-refractivity contribution in [2.24, 2.45) is 0 Å². The summed E-state index contributed by atoms with van der Waals surface area (Å²) >= 11 is 0. The fraction of sp³-hybridized carbons (Fsp3) is 0.0588. The molecular weight excluding hydrogens is 627 g/mol. The fourth-order valence-corrected chi connectivity index (χ4v) is 8.63. The molecule has 0 aliphatic heterocycles. The molecule has 10 rings (SSSR count). The average Bonchev–Trinajstić information content (AvgIpc) is 3.43. The van der Waals surface area contributed by atoms with Crippen molar-refractivity contribution >= 4 is 72.3 Å². The zero-order valence-electron chi connectivity index (χ0n) is 29.3. The lowest BCUT2D eigenvalue weighted by Crippen LogP contribution is -2.16. The van der Waals surface area contributed by atoms with Crippen molar-refractivity contribution in [3.05, 3.63) is 198 Å². The molecule has 0 atom stereocenters. The van der Waals surface area contributed by atoms with Crippen LogP contribution in [0.15, 0.2) is 176 Å². The van der Waals surface area contributed by atoms with Crippen LogP contribution in [0.2, 0.25) is 0 Å². The molecule has 52 heavy (non-hydrogen) atoms. The molecular formula is C51H37N. The number of anilines is 3. The predicted molar refractivity (Wildman–Crippen MR) is 224 cm³/mol. The molecule has 9 aromatic rings. The third-order valence-electron chi connectivity index (χ3n) is 11.1. The first kappa shape index (κ1) is 30.4. The monoisotopic (exact) mass is 663 g/mol. The van der Waals surface area contributed by atoms with E-state index in [2.05, 4.69) is 207 Å². The van der Waals surface area contributed by atoms with Crippen molar-refractivity contribution in [2.75, 3.05) is 4.90 Å². The third-order valence-corrected chi connectivity index (χ3v) is 11.1. The van der Waals surface area contributed by atoms with E-state index in [0.717, 1.165) is 17.1 Å². The van der Waals surface area contributed by atoms with Crippen LogP contribution in [-0.4, -0.2) is 0 Å². The largest absolute Gasteiger partial charge is 0.310 e. The van der Waals surface area contributed by atoms with Gasteiger partial charge in [0.15, 0.2) is 0 Å². The Morgan fingerprint density at radius 3 is 1.63 bits per heavy atom. The van der Waals surface area contributed by atoms with Gasteiger partial charge in [0, 0.05) is 22.5 Å². The molecule has 9 aromatic carbocycles. The van der Waals surface area contributed by atoms with E-state index >= 15 is 0 Å². The van der Waals surface area contributed by atoms with Crippen LogP contribution in [0.5, 0.6) is 0 Å². The highest BCUT2D eigenvalue weighted by atomic mass is 15.1. The maximum Gasteiger partial charge on any atom is 0.0468 e. The summed E-state index contributed by atoms with van der Waals surface area (Å²) in [7, 11) is 0. The van der Waals surface area contributed by atoms with Crippen molar-refractivity contribution in [1.82, 2.24) is 0 Å². The van der Waals surface area contributed by atoms with E-state index < -0.39 is 0 Å². The van der Waals surface area contributed by atoms with Gasteiger partial charge >= 0.3 is 0 Å². The Balaban J connectivity index is 1.14. The molecule has 0 saturated heterocycles. The molecule has 0 fully saturated rings. The number of hydrogen-bond donors (Lipinski definition) is 0. The van der Waals surface area contributed by atoms with E-state index in [1.54, 1.807) is 0 Å². The van der Waals surface area contributed by atoms with E-state index in [9.17, 15) is 0 Å². The normalized spacial score (nSPS) is 13.3. The van der Waals surface area contributed by atoms with Crippen molar-refractivity contribution < 1.29 is 0 Å². The van der Waals surface area contributed by atoms with Crippen molar-refractivity contribution in [3.8, 4) is 11.1 Å². The Bertz CT molecular complexity index is 2800. The highest BCUT2D eigenvalue weighted by molar-refractivity contribution is 6.10. The second-order valence-corrected chi connectivity index (χ2v) is 14.6. The molecule has 0 bridgehead atoms. The molecule has 0 N–H and O–H groups in total. The Kier molecular flexibility index (Phi) is 6.91. The predicted octanol–water partition coefficient (Wildman–Crippen LogP) is 14.2. The first-order valence-corrected chi connectivity index (χ1v) is 18.2. The van der Waals surface area contributed by atoms with Crippen LogP contribution in [0.25, 0.3) is 66.4 Å². The van der Waals surface area contributed by atoms with Crippen molar-refractivity contribution in [2.45, 2.75) is 19.3 Å². The van der Waals surface area contributed by atoms with Gasteiger partial charge in [-0.1, -0.05) is 159 Å². The smallest absolute Gasteiger partial charge is 0.0468 e. The van der Waals surface area contributed by atoms with Gasteiger partial charge in [0.1, 0.15) is 0 Å². The second-order valence-electron chi connectivity index (χ2n) is 14.6. The first-order chi connectivity index (χ1) is 25.5. The quantitative estimate of drug-likeness (QED) is 0.166. The summed E-state index contributed by atoms with van der Waals surface area (Å²) in [4.78, 5) is 2.41. The van der Waals surface area contributed by atoms with Gasteiger partial charge in [-0.3, -0.25) is 0 Å². The van der Waals surface area contributed by atoms with Gasteiger partial charge in [0.2, 0.25) is 0 Å². The Labute approximate surface area is 304 Å². The highest BCUT2D eigenvalue weighted by Gasteiger charge is 2.38. The number of nitrogens with zero attached hydrogens (tertiary/aromatic N) is 1. The molecule has 0 spiro atoms. The minimum atomic E-state index is -0.179. The van der Waals surface area contributed by atoms with Crippen LogP contribution in [0.3, 0.4) is 0 Å². The van der Waals surface area contributed by atoms with Gasteiger partial charge in [0.25, 0.3) is 0 Å². The zero-order chi connectivity index (χ0) is 34.8. The molecule has 0 saturated carbocycles. The van der Waals surface area contributed by atoms with Gasteiger partial charge in [0.05, 0.1) is 0 Å². The molecule has 1 nitrogen and oxygen atoms in total. The van der Waals surface area contributed by atoms with E-state index in [1.165, 1.54) is 76.5 Å². The Hall–Kier alpha value is -6.44. The van der Waals surface area contributed by atoms with Crippen LogP contribution >= 0.6 is 0 Å². The second kappa shape index (κ2) is 11.8. The molecule has 1 aliphatic carbocycles. The lowest BCUT2D eigenvalue weighted by atomic mass is 9.79. The molecule has 0 aromatic heterocycles. The molecule has 1 heteroatoms. The lowest BCUT2D eigenvalue weighted by Gasteiger charge is -2.27.